The summed E-state index contributed by atoms with van der Waals surface area (Å²) in [5.74, 6) is -1.58. The molecule has 11 heteroatoms. The Morgan fingerprint density at radius 2 is 1.96 bits per heavy atom. The number of carbonyl (C=O) groups excluding carboxylic acids is 2. The van der Waals surface area contributed by atoms with Crippen LogP contribution in [0.1, 0.15) is 11.1 Å². The van der Waals surface area contributed by atoms with Crippen LogP contribution in [-0.2, 0) is 15.8 Å². The minimum Gasteiger partial charge on any atom is -0.395 e. The van der Waals surface area contributed by atoms with Crippen molar-refractivity contribution in [3.8, 4) is 0 Å². The number of aliphatic hydroxyl groups is 1. The molecule has 0 fully saturated rings. The van der Waals surface area contributed by atoms with E-state index in [2.05, 4.69) is 5.32 Å². The molecule has 0 aromatic heterocycles. The van der Waals surface area contributed by atoms with Gasteiger partial charge in [0.15, 0.2) is 0 Å². The number of imide groups is 1. The van der Waals surface area contributed by atoms with E-state index in [0.29, 0.717) is 11.0 Å². The van der Waals surface area contributed by atoms with Gasteiger partial charge in [0.2, 0.25) is 0 Å². The number of anilines is 1. The molecule has 1 aliphatic rings. The predicted octanol–water partition coefficient (Wildman–Crippen LogP) is 1.58. The normalized spacial score (nSPS) is 14.8. The van der Waals surface area contributed by atoms with Crippen molar-refractivity contribution >= 4 is 23.2 Å². The van der Waals surface area contributed by atoms with E-state index in [1.807, 2.05) is 0 Å². The number of hydrogen-bond acceptors (Lipinski definition) is 6. The highest BCUT2D eigenvalue weighted by molar-refractivity contribution is 6.17. The fourth-order valence-corrected chi connectivity index (χ4v) is 2.31. The molecule has 0 atom stereocenters. The zero-order valence-electron chi connectivity index (χ0n) is 12.8. The zero-order chi connectivity index (χ0) is 18.9. The molecular weight excluding hydrogens is 347 g/mol. The molecule has 1 aromatic rings. The Hall–Kier alpha value is -2.95. The van der Waals surface area contributed by atoms with Crippen LogP contribution in [0.3, 0.4) is 0 Å². The average Bonchev–Trinajstić information content (AvgIpc) is 2.73. The van der Waals surface area contributed by atoms with Crippen molar-refractivity contribution in [3.05, 3.63) is 45.1 Å². The number of carbonyl (C=O) groups is 2. The fraction of sp³-hybridized carbons (Fsp3) is 0.286. The Bertz CT molecular complexity index is 789. The number of nitrogens with one attached hydrogen (secondary N) is 1. The second-order valence-electron chi connectivity index (χ2n) is 5.14. The van der Waals surface area contributed by atoms with Gasteiger partial charge in [0.1, 0.15) is 11.4 Å². The van der Waals surface area contributed by atoms with Crippen molar-refractivity contribution in [2.75, 3.05) is 18.5 Å². The fourth-order valence-electron chi connectivity index (χ4n) is 2.31. The number of benzene rings is 1. The van der Waals surface area contributed by atoms with Gasteiger partial charge in [-0.3, -0.25) is 24.6 Å². The van der Waals surface area contributed by atoms with Crippen LogP contribution in [0.2, 0.25) is 0 Å². The summed E-state index contributed by atoms with van der Waals surface area (Å²) < 4.78 is 38.7. The van der Waals surface area contributed by atoms with Crippen LogP contribution in [0, 0.1) is 17.0 Å². The summed E-state index contributed by atoms with van der Waals surface area (Å²) in [6.07, 6.45) is -3.92. The van der Waals surface area contributed by atoms with E-state index < -0.39 is 40.8 Å². The lowest BCUT2D eigenvalue weighted by atomic mass is 10.1. The highest BCUT2D eigenvalue weighted by atomic mass is 19.4. The average molecular weight is 359 g/mol. The molecule has 0 aliphatic carbocycles. The SMILES string of the molecule is Cc1cc(NC2=CC(=O)N(CCO)C2=O)c([N+](=O)[O-])cc1C(F)(F)F. The highest BCUT2D eigenvalue weighted by Gasteiger charge is 2.36. The van der Waals surface area contributed by atoms with Crippen LogP contribution in [0.25, 0.3) is 0 Å². The van der Waals surface area contributed by atoms with Gasteiger partial charge in [0.05, 0.1) is 23.6 Å². The van der Waals surface area contributed by atoms with Gasteiger partial charge in [-0.05, 0) is 18.6 Å². The van der Waals surface area contributed by atoms with Crippen molar-refractivity contribution in [3.63, 3.8) is 0 Å². The van der Waals surface area contributed by atoms with E-state index in [0.717, 1.165) is 19.1 Å². The molecule has 0 saturated heterocycles. The van der Waals surface area contributed by atoms with Gasteiger partial charge in [-0.15, -0.1) is 0 Å². The molecule has 2 N–H and O–H groups in total. The molecule has 2 rings (SSSR count). The summed E-state index contributed by atoms with van der Waals surface area (Å²) >= 11 is 0. The number of nitrogens with zero attached hydrogens (tertiary/aromatic N) is 2. The smallest absolute Gasteiger partial charge is 0.395 e. The molecule has 0 bridgehead atoms. The lowest BCUT2D eigenvalue weighted by Gasteiger charge is -2.15. The minimum absolute atomic E-state index is 0.270. The second-order valence-corrected chi connectivity index (χ2v) is 5.14. The van der Waals surface area contributed by atoms with E-state index in [1.165, 1.54) is 0 Å². The van der Waals surface area contributed by atoms with Crippen molar-refractivity contribution in [1.29, 1.82) is 0 Å². The Morgan fingerprint density at radius 1 is 1.32 bits per heavy atom. The van der Waals surface area contributed by atoms with Crippen LogP contribution in [0.4, 0.5) is 24.5 Å². The summed E-state index contributed by atoms with van der Waals surface area (Å²) in [7, 11) is 0. The van der Waals surface area contributed by atoms with Crippen LogP contribution < -0.4 is 5.32 Å². The Labute approximate surface area is 138 Å². The van der Waals surface area contributed by atoms with Crippen molar-refractivity contribution in [2.24, 2.45) is 0 Å². The van der Waals surface area contributed by atoms with Gasteiger partial charge in [0, 0.05) is 12.1 Å². The third-order valence-corrected chi connectivity index (χ3v) is 3.45. The van der Waals surface area contributed by atoms with Gasteiger partial charge in [-0.25, -0.2) is 0 Å². The second kappa shape index (κ2) is 6.51. The maximum absolute atomic E-state index is 12.9. The summed E-state index contributed by atoms with van der Waals surface area (Å²) in [4.78, 5) is 34.4. The van der Waals surface area contributed by atoms with Crippen LogP contribution in [-0.4, -0.2) is 39.9 Å². The summed E-state index contributed by atoms with van der Waals surface area (Å²) in [6.45, 7) is 0.372. The molecule has 0 spiro atoms. The van der Waals surface area contributed by atoms with E-state index in [9.17, 15) is 32.9 Å². The largest absolute Gasteiger partial charge is 0.416 e. The first-order chi connectivity index (χ1) is 11.6. The van der Waals surface area contributed by atoms with Crippen molar-refractivity contribution in [1.82, 2.24) is 4.90 Å². The zero-order valence-corrected chi connectivity index (χ0v) is 12.8. The van der Waals surface area contributed by atoms with E-state index in [1.54, 1.807) is 0 Å². The third-order valence-electron chi connectivity index (χ3n) is 3.45. The molecule has 0 unspecified atom stereocenters. The van der Waals surface area contributed by atoms with Crippen LogP contribution >= 0.6 is 0 Å². The number of nitro benzene ring substituents is 1. The topological polar surface area (TPSA) is 113 Å². The van der Waals surface area contributed by atoms with E-state index >= 15 is 0 Å². The third kappa shape index (κ3) is 3.60. The molecule has 134 valence electrons. The number of alkyl halides is 3. The van der Waals surface area contributed by atoms with E-state index in [4.69, 9.17) is 5.11 Å². The minimum atomic E-state index is -4.77. The first-order valence-corrected chi connectivity index (χ1v) is 6.88. The highest BCUT2D eigenvalue weighted by Crippen LogP contribution is 2.38. The lowest BCUT2D eigenvalue weighted by molar-refractivity contribution is -0.384. The van der Waals surface area contributed by atoms with Crippen LogP contribution in [0.15, 0.2) is 23.9 Å². The van der Waals surface area contributed by atoms with E-state index in [-0.39, 0.29) is 23.5 Å². The maximum Gasteiger partial charge on any atom is 0.416 e. The Morgan fingerprint density at radius 3 is 2.48 bits per heavy atom. The number of hydrogen-bond donors (Lipinski definition) is 2. The van der Waals surface area contributed by atoms with Gasteiger partial charge >= 0.3 is 6.18 Å². The molecule has 1 heterocycles. The molecule has 8 nitrogen and oxygen atoms in total. The van der Waals surface area contributed by atoms with Gasteiger partial charge in [0.25, 0.3) is 17.5 Å². The monoisotopic (exact) mass is 359 g/mol. The Kier molecular flexibility index (Phi) is 4.79. The standard InChI is InChI=1S/C14H12F3N3O5/c1-7-4-9(11(20(24)25)5-8(7)14(15,16)17)18-10-6-12(22)19(2-3-21)13(10)23/h4-6,18,21H,2-3H2,1H3. The molecule has 0 saturated carbocycles. The molecule has 1 aliphatic heterocycles. The number of amides is 2. The number of nitro groups is 1. The molecule has 25 heavy (non-hydrogen) atoms. The van der Waals surface area contributed by atoms with Crippen molar-refractivity contribution in [2.45, 2.75) is 13.1 Å². The molecule has 1 aromatic carbocycles. The number of rotatable bonds is 5. The van der Waals surface area contributed by atoms with Crippen molar-refractivity contribution < 1.29 is 32.8 Å². The van der Waals surface area contributed by atoms with Gasteiger partial charge in [-0.1, -0.05) is 0 Å². The number of aliphatic hydroxyl groups excluding tert-OH is 1. The predicted molar refractivity (Wildman–Crippen MR) is 78.3 cm³/mol. The summed E-state index contributed by atoms with van der Waals surface area (Å²) in [5, 5.41) is 22.2. The maximum atomic E-state index is 12.9. The van der Waals surface area contributed by atoms with Crippen LogP contribution in [0.5, 0.6) is 0 Å². The Balaban J connectivity index is 2.42. The number of β-amino-alcohol motifs (C(OH)–C–C–N with tert-alkyl or cyclic N) is 1. The summed E-state index contributed by atoms with van der Waals surface area (Å²) in [5.41, 5.74) is -3.03. The number of halogens is 3. The molecular formula is C14H12F3N3O5. The molecule has 2 amide bonds. The molecule has 0 radical (unpaired) electrons. The summed E-state index contributed by atoms with van der Waals surface area (Å²) in [6, 6.07) is 1.25. The lowest BCUT2D eigenvalue weighted by Crippen LogP contribution is -2.34. The van der Waals surface area contributed by atoms with Gasteiger partial charge in [-0.2, -0.15) is 13.2 Å². The first kappa shape index (κ1) is 18.4. The van der Waals surface area contributed by atoms with Gasteiger partial charge < -0.3 is 10.4 Å². The number of aryl methyl sites for hydroxylation is 1. The first-order valence-electron chi connectivity index (χ1n) is 6.88. The quantitative estimate of drug-likeness (QED) is 0.469.